The highest BCUT2D eigenvalue weighted by atomic mass is 16.5. The zero-order valence-corrected chi connectivity index (χ0v) is 9.40. The Morgan fingerprint density at radius 1 is 1.47 bits per heavy atom. The normalized spacial score (nSPS) is 15.0. The number of nitrogen functional groups attached to an aromatic ring is 1. The molecule has 1 heterocycles. The van der Waals surface area contributed by atoms with Crippen LogP contribution in [0.5, 0.6) is 5.75 Å². The van der Waals surface area contributed by atoms with Crippen LogP contribution in [-0.2, 0) is 11.3 Å². The van der Waals surface area contributed by atoms with E-state index in [1.54, 1.807) is 18.2 Å². The van der Waals surface area contributed by atoms with E-state index in [0.29, 0.717) is 11.4 Å². The monoisotopic (exact) mass is 235 g/mol. The summed E-state index contributed by atoms with van der Waals surface area (Å²) in [4.78, 5) is 23.9. The molecule has 3 N–H and O–H groups in total. The largest absolute Gasteiger partial charge is 0.495 e. The van der Waals surface area contributed by atoms with Crippen LogP contribution in [0.4, 0.5) is 10.5 Å². The van der Waals surface area contributed by atoms with Gasteiger partial charge < -0.3 is 15.8 Å². The molecule has 6 nitrogen and oxygen atoms in total. The summed E-state index contributed by atoms with van der Waals surface area (Å²) in [6, 6.07) is 4.80. The number of nitrogens with zero attached hydrogens (tertiary/aromatic N) is 1. The molecule has 0 aliphatic carbocycles. The molecule has 90 valence electrons. The average molecular weight is 235 g/mol. The molecule has 1 aromatic carbocycles. The van der Waals surface area contributed by atoms with Gasteiger partial charge in [0, 0.05) is 0 Å². The number of ether oxygens (including phenoxy) is 1. The van der Waals surface area contributed by atoms with E-state index in [1.807, 2.05) is 0 Å². The minimum absolute atomic E-state index is 0.0600. The number of rotatable bonds is 3. The molecule has 0 radical (unpaired) electrons. The van der Waals surface area contributed by atoms with Crippen molar-refractivity contribution < 1.29 is 14.3 Å². The summed E-state index contributed by atoms with van der Waals surface area (Å²) in [6.07, 6.45) is 0. The van der Waals surface area contributed by atoms with Crippen molar-refractivity contribution in [1.82, 2.24) is 10.2 Å². The maximum absolute atomic E-state index is 11.4. The third-order valence-electron chi connectivity index (χ3n) is 2.57. The Bertz CT molecular complexity index is 457. The van der Waals surface area contributed by atoms with E-state index in [-0.39, 0.29) is 25.0 Å². The zero-order valence-electron chi connectivity index (χ0n) is 9.40. The van der Waals surface area contributed by atoms with Gasteiger partial charge in [0.2, 0.25) is 5.91 Å². The van der Waals surface area contributed by atoms with Crippen molar-refractivity contribution in [3.05, 3.63) is 23.8 Å². The molecule has 17 heavy (non-hydrogen) atoms. The van der Waals surface area contributed by atoms with Crippen LogP contribution in [0, 0.1) is 0 Å². The van der Waals surface area contributed by atoms with Gasteiger partial charge in [0.25, 0.3) is 0 Å². The quantitative estimate of drug-likeness (QED) is 0.584. The lowest BCUT2D eigenvalue weighted by Gasteiger charge is -2.13. The molecule has 2 rings (SSSR count). The Labute approximate surface area is 98.3 Å². The molecule has 3 amide bonds. The highest BCUT2D eigenvalue weighted by molar-refractivity contribution is 6.01. The first-order valence-electron chi connectivity index (χ1n) is 5.12. The molecular weight excluding hydrogens is 222 g/mol. The number of nitrogens with one attached hydrogen (secondary N) is 1. The Morgan fingerprint density at radius 2 is 2.24 bits per heavy atom. The van der Waals surface area contributed by atoms with Crippen LogP contribution >= 0.6 is 0 Å². The average Bonchev–Trinajstić information content (AvgIpc) is 2.61. The first kappa shape index (κ1) is 11.3. The van der Waals surface area contributed by atoms with Crippen LogP contribution in [0.1, 0.15) is 5.56 Å². The number of nitrogens with two attached hydrogens (primary N) is 1. The number of hydrogen-bond acceptors (Lipinski definition) is 4. The molecule has 0 spiro atoms. The minimum Gasteiger partial charge on any atom is -0.495 e. The van der Waals surface area contributed by atoms with Crippen molar-refractivity contribution in [3.8, 4) is 5.75 Å². The third kappa shape index (κ3) is 2.15. The van der Waals surface area contributed by atoms with Gasteiger partial charge in [0.15, 0.2) is 0 Å². The van der Waals surface area contributed by atoms with Crippen LogP contribution in [0.25, 0.3) is 0 Å². The number of carbonyl (C=O) groups excluding carboxylic acids is 2. The number of hydrogen-bond donors (Lipinski definition) is 2. The van der Waals surface area contributed by atoms with Crippen LogP contribution < -0.4 is 15.8 Å². The summed E-state index contributed by atoms with van der Waals surface area (Å²) in [5.74, 6) is 0.343. The Morgan fingerprint density at radius 3 is 2.76 bits per heavy atom. The lowest BCUT2D eigenvalue weighted by atomic mass is 10.2. The number of imide groups is 1. The second-order valence-electron chi connectivity index (χ2n) is 3.71. The molecule has 0 saturated carbocycles. The number of urea groups is 1. The summed E-state index contributed by atoms with van der Waals surface area (Å²) < 4.78 is 5.03. The highest BCUT2D eigenvalue weighted by Crippen LogP contribution is 2.22. The van der Waals surface area contributed by atoms with Crippen LogP contribution in [-0.4, -0.2) is 30.5 Å². The maximum Gasteiger partial charge on any atom is 0.324 e. The van der Waals surface area contributed by atoms with Crippen LogP contribution in [0.3, 0.4) is 0 Å². The molecule has 1 saturated heterocycles. The number of anilines is 1. The van der Waals surface area contributed by atoms with Crippen molar-refractivity contribution in [3.63, 3.8) is 0 Å². The topological polar surface area (TPSA) is 84.7 Å². The van der Waals surface area contributed by atoms with E-state index in [2.05, 4.69) is 5.32 Å². The van der Waals surface area contributed by atoms with E-state index >= 15 is 0 Å². The lowest BCUT2D eigenvalue weighted by molar-refractivity contribution is -0.125. The molecule has 0 atom stereocenters. The molecule has 0 unspecified atom stereocenters. The minimum atomic E-state index is -0.371. The van der Waals surface area contributed by atoms with Gasteiger partial charge in [-0.3, -0.25) is 9.69 Å². The van der Waals surface area contributed by atoms with Gasteiger partial charge in [-0.1, -0.05) is 6.07 Å². The molecular formula is C11H13N3O3. The maximum atomic E-state index is 11.4. The third-order valence-corrected chi connectivity index (χ3v) is 2.57. The molecule has 0 bridgehead atoms. The predicted octanol–water partition coefficient (Wildman–Crippen LogP) is 0.329. The SMILES string of the molecule is COc1ccc(CN2C(=O)CNC2=O)cc1N. The lowest BCUT2D eigenvalue weighted by Crippen LogP contribution is -2.30. The highest BCUT2D eigenvalue weighted by Gasteiger charge is 2.28. The fourth-order valence-corrected chi connectivity index (χ4v) is 1.68. The van der Waals surface area contributed by atoms with Crippen molar-refractivity contribution >= 4 is 17.6 Å². The van der Waals surface area contributed by atoms with E-state index < -0.39 is 0 Å². The van der Waals surface area contributed by atoms with E-state index in [0.717, 1.165) is 10.5 Å². The smallest absolute Gasteiger partial charge is 0.324 e. The van der Waals surface area contributed by atoms with E-state index in [4.69, 9.17) is 10.5 Å². The van der Waals surface area contributed by atoms with Gasteiger partial charge in [-0.2, -0.15) is 0 Å². The van der Waals surface area contributed by atoms with E-state index in [1.165, 1.54) is 7.11 Å². The molecule has 0 aromatic heterocycles. The van der Waals surface area contributed by atoms with Crippen LogP contribution in [0.15, 0.2) is 18.2 Å². The summed E-state index contributed by atoms with van der Waals surface area (Å²) in [5.41, 5.74) is 7.02. The second-order valence-corrected chi connectivity index (χ2v) is 3.71. The van der Waals surface area contributed by atoms with E-state index in [9.17, 15) is 9.59 Å². The van der Waals surface area contributed by atoms with Crippen molar-refractivity contribution in [1.29, 1.82) is 0 Å². The van der Waals surface area contributed by atoms with Gasteiger partial charge in [0.1, 0.15) is 5.75 Å². The zero-order chi connectivity index (χ0) is 12.4. The predicted molar refractivity (Wildman–Crippen MR) is 61.4 cm³/mol. The van der Waals surface area contributed by atoms with Crippen LogP contribution in [0.2, 0.25) is 0 Å². The van der Waals surface area contributed by atoms with Gasteiger partial charge in [0.05, 0.1) is 25.9 Å². The fourth-order valence-electron chi connectivity index (χ4n) is 1.68. The Kier molecular flexibility index (Phi) is 2.86. The first-order valence-corrected chi connectivity index (χ1v) is 5.12. The van der Waals surface area contributed by atoms with Crippen molar-refractivity contribution in [2.24, 2.45) is 0 Å². The molecule has 1 fully saturated rings. The summed E-state index contributed by atoms with van der Waals surface area (Å²) in [5, 5.41) is 2.46. The summed E-state index contributed by atoms with van der Waals surface area (Å²) >= 11 is 0. The summed E-state index contributed by atoms with van der Waals surface area (Å²) in [6.45, 7) is 0.281. The number of methoxy groups -OCH3 is 1. The molecule has 1 aromatic rings. The fraction of sp³-hybridized carbons (Fsp3) is 0.273. The van der Waals surface area contributed by atoms with Crippen molar-refractivity contribution in [2.75, 3.05) is 19.4 Å². The van der Waals surface area contributed by atoms with Gasteiger partial charge in [-0.25, -0.2) is 4.79 Å². The molecule has 1 aliphatic heterocycles. The van der Waals surface area contributed by atoms with Crippen molar-refractivity contribution in [2.45, 2.75) is 6.54 Å². The number of amides is 3. The Balaban J connectivity index is 2.16. The standard InChI is InChI=1S/C11H13N3O3/c1-17-9-3-2-7(4-8(9)12)6-14-10(15)5-13-11(14)16/h2-4H,5-6,12H2,1H3,(H,13,16). The van der Waals surface area contributed by atoms with Gasteiger partial charge >= 0.3 is 6.03 Å². The first-order chi connectivity index (χ1) is 8.11. The second kappa shape index (κ2) is 4.32. The summed E-state index contributed by atoms with van der Waals surface area (Å²) in [7, 11) is 1.53. The van der Waals surface area contributed by atoms with Gasteiger partial charge in [-0.15, -0.1) is 0 Å². The van der Waals surface area contributed by atoms with Gasteiger partial charge in [-0.05, 0) is 17.7 Å². The number of carbonyl (C=O) groups is 2. The molecule has 1 aliphatic rings. The number of benzene rings is 1. The Hall–Kier alpha value is -2.24. The molecule has 6 heteroatoms.